The van der Waals surface area contributed by atoms with Gasteiger partial charge in [0.1, 0.15) is 17.3 Å². The Balaban J connectivity index is 2.01. The molecule has 3 rings (SSSR count). The monoisotopic (exact) mass is 365 g/mol. The highest BCUT2D eigenvalue weighted by Gasteiger charge is 2.23. The molecule has 1 heterocycles. The lowest BCUT2D eigenvalue weighted by atomic mass is 9.89. The third kappa shape index (κ3) is 3.76. The van der Waals surface area contributed by atoms with Crippen molar-refractivity contribution in [2.24, 2.45) is 0 Å². The van der Waals surface area contributed by atoms with E-state index >= 15 is 0 Å². The fraction of sp³-hybridized carbons (Fsp3) is 0.167. The highest BCUT2D eigenvalue weighted by molar-refractivity contribution is 7.13. The van der Waals surface area contributed by atoms with Crippen LogP contribution in [0.15, 0.2) is 41.8 Å². The molecule has 0 spiro atoms. The second kappa shape index (κ2) is 7.14. The van der Waals surface area contributed by atoms with Gasteiger partial charge in [0.05, 0.1) is 13.0 Å². The van der Waals surface area contributed by atoms with Crippen LogP contribution >= 0.6 is 11.3 Å². The molecule has 1 aromatic heterocycles. The van der Waals surface area contributed by atoms with E-state index in [4.69, 9.17) is 10.5 Å². The SMILES string of the molecule is COc1ccc(C(Cc2cc(F)c(F)cc2F)c2csc(N)[nH+]2)cc1. The summed E-state index contributed by atoms with van der Waals surface area (Å²) in [6.07, 6.45) is 0.155. The lowest BCUT2D eigenvalue weighted by Crippen LogP contribution is -2.17. The molecule has 25 heavy (non-hydrogen) atoms. The van der Waals surface area contributed by atoms with E-state index in [0.717, 1.165) is 17.3 Å². The van der Waals surface area contributed by atoms with Crippen LogP contribution in [0, 0.1) is 17.5 Å². The average molecular weight is 365 g/mol. The summed E-state index contributed by atoms with van der Waals surface area (Å²) in [5.41, 5.74) is 7.51. The van der Waals surface area contributed by atoms with Crippen molar-refractivity contribution in [1.29, 1.82) is 0 Å². The number of methoxy groups -OCH3 is 1. The molecule has 3 nitrogen and oxygen atoms in total. The van der Waals surface area contributed by atoms with Crippen LogP contribution in [0.5, 0.6) is 5.75 Å². The van der Waals surface area contributed by atoms with E-state index in [1.807, 2.05) is 17.5 Å². The van der Waals surface area contributed by atoms with Gasteiger partial charge in [-0.25, -0.2) is 18.2 Å². The fourth-order valence-electron chi connectivity index (χ4n) is 2.68. The molecule has 7 heteroatoms. The maximum atomic E-state index is 14.1. The van der Waals surface area contributed by atoms with Gasteiger partial charge in [-0.1, -0.05) is 23.5 Å². The highest BCUT2D eigenvalue weighted by Crippen LogP contribution is 2.30. The number of nitrogens with one attached hydrogen (secondary N) is 1. The second-order valence-corrected chi connectivity index (χ2v) is 6.48. The predicted molar refractivity (Wildman–Crippen MR) is 90.1 cm³/mol. The predicted octanol–water partition coefficient (Wildman–Crippen LogP) is 3.94. The zero-order valence-electron chi connectivity index (χ0n) is 13.4. The minimum absolute atomic E-state index is 0.0953. The maximum absolute atomic E-state index is 14.1. The minimum atomic E-state index is -1.20. The number of hydrogen-bond donors (Lipinski definition) is 1. The number of nitrogens with two attached hydrogens (primary N) is 1. The molecule has 3 N–H and O–H groups in total. The third-order valence-corrected chi connectivity index (χ3v) is 4.72. The fourth-order valence-corrected chi connectivity index (χ4v) is 3.33. The number of aromatic nitrogens is 1. The Labute approximate surface area is 146 Å². The molecule has 0 aliphatic heterocycles. The topological polar surface area (TPSA) is 49.4 Å². The van der Waals surface area contributed by atoms with Gasteiger partial charge in [0, 0.05) is 11.4 Å². The molecule has 0 fully saturated rings. The lowest BCUT2D eigenvalue weighted by Gasteiger charge is -2.15. The number of aromatic amines is 1. The first-order chi connectivity index (χ1) is 12.0. The first kappa shape index (κ1) is 17.3. The maximum Gasteiger partial charge on any atom is 0.329 e. The lowest BCUT2D eigenvalue weighted by molar-refractivity contribution is -0.368. The summed E-state index contributed by atoms with van der Waals surface area (Å²) in [5, 5.41) is 2.35. The number of anilines is 1. The van der Waals surface area contributed by atoms with Crippen molar-refractivity contribution in [1.82, 2.24) is 0 Å². The number of rotatable bonds is 5. The van der Waals surface area contributed by atoms with Crippen LogP contribution in [0.4, 0.5) is 18.3 Å². The van der Waals surface area contributed by atoms with Gasteiger partial charge in [0.15, 0.2) is 11.6 Å². The summed E-state index contributed by atoms with van der Waals surface area (Å²) >= 11 is 1.33. The quantitative estimate of drug-likeness (QED) is 0.696. The summed E-state index contributed by atoms with van der Waals surface area (Å²) in [6.45, 7) is 0. The van der Waals surface area contributed by atoms with Gasteiger partial charge < -0.3 is 4.74 Å². The van der Waals surface area contributed by atoms with Crippen LogP contribution in [0.1, 0.15) is 22.7 Å². The van der Waals surface area contributed by atoms with Crippen molar-refractivity contribution >= 4 is 16.5 Å². The molecule has 0 aliphatic carbocycles. The van der Waals surface area contributed by atoms with Crippen LogP contribution in [0.25, 0.3) is 0 Å². The summed E-state index contributed by atoms with van der Waals surface area (Å²) in [5.74, 6) is -2.65. The van der Waals surface area contributed by atoms with Crippen LogP contribution in [-0.4, -0.2) is 7.11 Å². The smallest absolute Gasteiger partial charge is 0.329 e. The highest BCUT2D eigenvalue weighted by atomic mass is 32.1. The van der Waals surface area contributed by atoms with E-state index in [0.29, 0.717) is 16.9 Å². The molecule has 0 amide bonds. The third-order valence-electron chi connectivity index (χ3n) is 3.99. The molecule has 1 atom stereocenters. The average Bonchev–Trinajstić information content (AvgIpc) is 3.03. The van der Waals surface area contributed by atoms with Gasteiger partial charge in [-0.2, -0.15) is 0 Å². The molecule has 1 unspecified atom stereocenters. The molecular weight excluding hydrogens is 349 g/mol. The Kier molecular flexibility index (Phi) is 4.94. The molecule has 3 aromatic rings. The van der Waals surface area contributed by atoms with Crippen molar-refractivity contribution in [3.63, 3.8) is 0 Å². The van der Waals surface area contributed by atoms with Gasteiger partial charge >= 0.3 is 5.13 Å². The minimum Gasteiger partial charge on any atom is -0.497 e. The van der Waals surface area contributed by atoms with Crippen molar-refractivity contribution < 1.29 is 22.9 Å². The van der Waals surface area contributed by atoms with Gasteiger partial charge in [0.25, 0.3) is 0 Å². The second-order valence-electron chi connectivity index (χ2n) is 5.57. The normalized spacial score (nSPS) is 12.2. The Morgan fingerprint density at radius 2 is 1.76 bits per heavy atom. The van der Waals surface area contributed by atoms with Crippen LogP contribution < -0.4 is 15.5 Å². The number of ether oxygens (including phenoxy) is 1. The molecule has 2 aromatic carbocycles. The summed E-state index contributed by atoms with van der Waals surface area (Å²) in [7, 11) is 1.57. The van der Waals surface area contributed by atoms with E-state index < -0.39 is 17.5 Å². The zero-order chi connectivity index (χ0) is 18.0. The van der Waals surface area contributed by atoms with Gasteiger partial charge in [-0.3, -0.25) is 5.73 Å². The van der Waals surface area contributed by atoms with Crippen molar-refractivity contribution in [2.75, 3.05) is 12.8 Å². The van der Waals surface area contributed by atoms with E-state index in [1.54, 1.807) is 19.2 Å². The Hall–Kier alpha value is -2.54. The van der Waals surface area contributed by atoms with Crippen molar-refractivity contribution in [3.8, 4) is 5.75 Å². The van der Waals surface area contributed by atoms with Crippen LogP contribution in [0.3, 0.4) is 0 Å². The summed E-state index contributed by atoms with van der Waals surface area (Å²) in [4.78, 5) is 3.04. The van der Waals surface area contributed by atoms with Crippen molar-refractivity contribution in [2.45, 2.75) is 12.3 Å². The standard InChI is InChI=1S/C18H15F3N2OS/c1-24-12-4-2-10(3-5-12)13(17-9-25-18(22)23-17)6-11-7-15(20)16(21)8-14(11)19/h2-5,7-9,13H,6H2,1H3,(H2,22,23)/p+1. The largest absolute Gasteiger partial charge is 0.497 e. The zero-order valence-corrected chi connectivity index (χ0v) is 14.2. The first-order valence-corrected chi connectivity index (χ1v) is 8.39. The molecular formula is C18H16F3N2OS+. The van der Waals surface area contributed by atoms with Gasteiger partial charge in [-0.15, -0.1) is 0 Å². The van der Waals surface area contributed by atoms with Crippen LogP contribution in [-0.2, 0) is 6.42 Å². The van der Waals surface area contributed by atoms with E-state index in [-0.39, 0.29) is 17.9 Å². The van der Waals surface area contributed by atoms with Gasteiger partial charge in [-0.05, 0) is 35.7 Å². The van der Waals surface area contributed by atoms with E-state index in [2.05, 4.69) is 4.98 Å². The summed E-state index contributed by atoms with van der Waals surface area (Å²) in [6, 6.07) is 8.75. The number of thiazole rings is 1. The number of hydrogen-bond acceptors (Lipinski definition) is 3. The molecule has 0 saturated carbocycles. The number of benzene rings is 2. The molecule has 0 aliphatic rings. The number of nitrogen functional groups attached to an aromatic ring is 1. The molecule has 0 bridgehead atoms. The first-order valence-electron chi connectivity index (χ1n) is 7.51. The Bertz CT molecular complexity index is 881. The Morgan fingerprint density at radius 3 is 2.36 bits per heavy atom. The molecule has 0 radical (unpaired) electrons. The van der Waals surface area contributed by atoms with Crippen molar-refractivity contribution in [3.05, 3.63) is 76.1 Å². The van der Waals surface area contributed by atoms with Gasteiger partial charge in [0.2, 0.25) is 0 Å². The molecule has 0 saturated heterocycles. The Morgan fingerprint density at radius 1 is 1.08 bits per heavy atom. The summed E-state index contributed by atoms with van der Waals surface area (Å²) < 4.78 is 45.9. The number of H-pyrrole nitrogens is 1. The van der Waals surface area contributed by atoms with E-state index in [1.165, 1.54) is 11.3 Å². The van der Waals surface area contributed by atoms with Crippen LogP contribution in [0.2, 0.25) is 0 Å². The molecule has 130 valence electrons. The van der Waals surface area contributed by atoms with E-state index in [9.17, 15) is 13.2 Å². The number of halogens is 3.